The van der Waals surface area contributed by atoms with Crippen molar-refractivity contribution in [3.05, 3.63) is 76.4 Å². The number of rotatable bonds is 4. The molecule has 1 saturated carbocycles. The van der Waals surface area contributed by atoms with Crippen molar-refractivity contribution in [1.29, 1.82) is 0 Å². The van der Waals surface area contributed by atoms with Crippen LogP contribution in [0.15, 0.2) is 30.8 Å². The molecule has 33 heavy (non-hydrogen) atoms. The molecule has 1 unspecified atom stereocenters. The smallest absolute Gasteiger partial charge is 0.256 e. The third-order valence-corrected chi connectivity index (χ3v) is 5.38. The minimum absolute atomic E-state index is 0.0344. The van der Waals surface area contributed by atoms with Crippen molar-refractivity contribution in [2.75, 3.05) is 26.4 Å². The maximum absolute atomic E-state index is 13.7. The Bertz CT molecular complexity index is 1030. The van der Waals surface area contributed by atoms with Crippen LogP contribution in [0.25, 0.3) is 6.08 Å². The fourth-order valence-electron chi connectivity index (χ4n) is 3.78. The lowest BCUT2D eigenvalue weighted by Crippen LogP contribution is -2.08. The second-order valence-electron chi connectivity index (χ2n) is 7.65. The Labute approximate surface area is 185 Å². The highest BCUT2D eigenvalue weighted by molar-refractivity contribution is 5.53. The first kappa shape index (κ1) is 23.7. The maximum atomic E-state index is 13.7. The molecule has 1 atom stereocenters. The molecule has 0 radical (unpaired) electrons. The molecule has 0 amide bonds. The van der Waals surface area contributed by atoms with Crippen molar-refractivity contribution >= 4 is 6.08 Å². The van der Waals surface area contributed by atoms with E-state index in [1.807, 2.05) is 0 Å². The summed E-state index contributed by atoms with van der Waals surface area (Å²) in [6.07, 6.45) is -0.741. The topological polar surface area (TPSA) is 36.9 Å². The molecule has 0 spiro atoms. The monoisotopic (exact) mass is 474 g/mol. The van der Waals surface area contributed by atoms with Crippen LogP contribution in [-0.2, 0) is 18.9 Å². The van der Waals surface area contributed by atoms with Crippen LogP contribution in [0.4, 0.5) is 26.3 Å². The number of hydrogen-bond acceptors (Lipinski definition) is 4. The van der Waals surface area contributed by atoms with Crippen molar-refractivity contribution in [2.45, 2.75) is 30.8 Å². The molecule has 4 nitrogen and oxygen atoms in total. The van der Waals surface area contributed by atoms with E-state index in [1.165, 1.54) is 12.1 Å². The lowest BCUT2D eigenvalue weighted by atomic mass is 10.0. The van der Waals surface area contributed by atoms with Crippen LogP contribution < -0.4 is 0 Å². The molecular weight excluding hydrogens is 454 g/mol. The SMILES string of the molecule is C=Cc1c(F)cc(F)cc1C1OCCO1.Fc1cc(F)c(C2CC2(F)F)c(C2OCCO2)c1. The van der Waals surface area contributed by atoms with Gasteiger partial charge >= 0.3 is 0 Å². The Balaban J connectivity index is 0.000000160. The van der Waals surface area contributed by atoms with E-state index < -0.39 is 54.1 Å². The quantitative estimate of drug-likeness (QED) is 0.526. The van der Waals surface area contributed by atoms with Crippen molar-refractivity contribution in [1.82, 2.24) is 0 Å². The minimum atomic E-state index is -2.92. The Morgan fingerprint density at radius 1 is 0.758 bits per heavy atom. The molecule has 0 N–H and O–H groups in total. The van der Waals surface area contributed by atoms with E-state index in [1.54, 1.807) is 0 Å². The standard InChI is InChI=1S/C12H10F4O2.C11H10F2O2/c13-6-3-7(11-17-1-2-18-11)10(9(14)4-6)8-5-12(8,15)16;1-2-8-9(11-14-3-4-15-11)5-7(12)6-10(8)13/h3-4,8,11H,1-2,5H2;2,5-6,11H,1,3-4H2. The number of ether oxygens (including phenoxy) is 4. The number of alkyl halides is 2. The second kappa shape index (κ2) is 9.46. The van der Waals surface area contributed by atoms with Crippen LogP contribution in [0.3, 0.4) is 0 Å². The van der Waals surface area contributed by atoms with E-state index in [0.717, 1.165) is 12.1 Å². The van der Waals surface area contributed by atoms with Crippen molar-refractivity contribution in [3.63, 3.8) is 0 Å². The zero-order valence-corrected chi connectivity index (χ0v) is 17.3. The van der Waals surface area contributed by atoms with Gasteiger partial charge < -0.3 is 18.9 Å². The van der Waals surface area contributed by atoms with Gasteiger partial charge in [0.2, 0.25) is 0 Å². The van der Waals surface area contributed by atoms with E-state index in [4.69, 9.17) is 18.9 Å². The molecule has 1 aliphatic carbocycles. The zero-order valence-electron chi connectivity index (χ0n) is 17.3. The van der Waals surface area contributed by atoms with Gasteiger partial charge in [0.25, 0.3) is 5.92 Å². The van der Waals surface area contributed by atoms with Gasteiger partial charge in [-0.15, -0.1) is 0 Å². The summed E-state index contributed by atoms with van der Waals surface area (Å²) >= 11 is 0. The highest BCUT2D eigenvalue weighted by atomic mass is 19.3. The summed E-state index contributed by atoms with van der Waals surface area (Å²) in [5, 5.41) is 0. The first-order chi connectivity index (χ1) is 15.7. The molecule has 0 bridgehead atoms. The number of benzene rings is 2. The van der Waals surface area contributed by atoms with Gasteiger partial charge in [-0.1, -0.05) is 12.7 Å². The van der Waals surface area contributed by atoms with Gasteiger partial charge in [-0.25, -0.2) is 26.3 Å². The molecule has 2 heterocycles. The van der Waals surface area contributed by atoms with Crippen LogP contribution in [0.5, 0.6) is 0 Å². The van der Waals surface area contributed by atoms with Gasteiger partial charge in [0, 0.05) is 40.8 Å². The van der Waals surface area contributed by atoms with Crippen molar-refractivity contribution < 1.29 is 45.3 Å². The van der Waals surface area contributed by atoms with Gasteiger partial charge in [-0.2, -0.15) is 0 Å². The molecular formula is C23H20F6O4. The van der Waals surface area contributed by atoms with E-state index in [2.05, 4.69) is 6.58 Å². The fourth-order valence-corrected chi connectivity index (χ4v) is 3.78. The first-order valence-electron chi connectivity index (χ1n) is 10.2. The molecule has 3 fully saturated rings. The predicted molar refractivity (Wildman–Crippen MR) is 104 cm³/mol. The van der Waals surface area contributed by atoms with Gasteiger partial charge in [0.05, 0.1) is 32.3 Å². The average Bonchev–Trinajstić information content (AvgIpc) is 3.23. The van der Waals surface area contributed by atoms with E-state index in [-0.39, 0.29) is 29.9 Å². The van der Waals surface area contributed by atoms with E-state index >= 15 is 0 Å². The zero-order chi connectivity index (χ0) is 23.8. The summed E-state index contributed by atoms with van der Waals surface area (Å²) < 4.78 is 100. The van der Waals surface area contributed by atoms with E-state index in [0.29, 0.717) is 24.8 Å². The summed E-state index contributed by atoms with van der Waals surface area (Å²) in [7, 11) is 0. The Morgan fingerprint density at radius 3 is 1.70 bits per heavy atom. The van der Waals surface area contributed by atoms with Crippen LogP contribution in [-0.4, -0.2) is 32.4 Å². The van der Waals surface area contributed by atoms with Gasteiger partial charge in [0.1, 0.15) is 23.3 Å². The predicted octanol–water partition coefficient (Wildman–Crippen LogP) is 5.79. The number of hydrogen-bond donors (Lipinski definition) is 0. The Hall–Kier alpha value is -2.40. The van der Waals surface area contributed by atoms with Crippen molar-refractivity contribution in [3.8, 4) is 0 Å². The van der Waals surface area contributed by atoms with Crippen molar-refractivity contribution in [2.24, 2.45) is 0 Å². The van der Waals surface area contributed by atoms with Gasteiger partial charge in [-0.05, 0) is 12.1 Å². The normalized spacial score (nSPS) is 22.2. The highest BCUT2D eigenvalue weighted by Crippen LogP contribution is 2.58. The lowest BCUT2D eigenvalue weighted by Gasteiger charge is -2.15. The molecule has 5 rings (SSSR count). The van der Waals surface area contributed by atoms with Crippen LogP contribution in [0.2, 0.25) is 0 Å². The second-order valence-corrected chi connectivity index (χ2v) is 7.65. The fraction of sp³-hybridized carbons (Fsp3) is 0.391. The lowest BCUT2D eigenvalue weighted by molar-refractivity contribution is -0.0454. The van der Waals surface area contributed by atoms with Gasteiger partial charge in [-0.3, -0.25) is 0 Å². The molecule has 10 heteroatoms. The molecule has 178 valence electrons. The summed E-state index contributed by atoms with van der Waals surface area (Å²) in [6, 6.07) is 3.64. The minimum Gasteiger partial charge on any atom is -0.346 e. The van der Waals surface area contributed by atoms with Crippen LogP contribution in [0.1, 0.15) is 47.2 Å². The van der Waals surface area contributed by atoms with Crippen LogP contribution >= 0.6 is 0 Å². The molecule has 0 aromatic heterocycles. The molecule has 2 aliphatic heterocycles. The summed E-state index contributed by atoms with van der Waals surface area (Å²) in [6.45, 7) is 4.90. The molecule has 3 aliphatic rings. The molecule has 2 aromatic rings. The highest BCUT2D eigenvalue weighted by Gasteiger charge is 2.59. The summed E-state index contributed by atoms with van der Waals surface area (Å²) in [5.74, 6) is -7.22. The maximum Gasteiger partial charge on any atom is 0.256 e. The molecule has 2 aromatic carbocycles. The first-order valence-corrected chi connectivity index (χ1v) is 10.2. The van der Waals surface area contributed by atoms with Gasteiger partial charge in [0.15, 0.2) is 12.6 Å². The molecule has 2 saturated heterocycles. The van der Waals surface area contributed by atoms with E-state index in [9.17, 15) is 26.3 Å². The Kier molecular flexibility index (Phi) is 6.81. The third kappa shape index (κ3) is 5.08. The number of halogens is 6. The third-order valence-electron chi connectivity index (χ3n) is 5.38. The summed E-state index contributed by atoms with van der Waals surface area (Å²) in [5.41, 5.74) is 0.420. The summed E-state index contributed by atoms with van der Waals surface area (Å²) in [4.78, 5) is 0. The Morgan fingerprint density at radius 2 is 1.21 bits per heavy atom. The van der Waals surface area contributed by atoms with Crippen LogP contribution in [0, 0.1) is 23.3 Å². The largest absolute Gasteiger partial charge is 0.346 e. The average molecular weight is 474 g/mol.